The summed E-state index contributed by atoms with van der Waals surface area (Å²) < 4.78 is 50.2. The van der Waals surface area contributed by atoms with Gasteiger partial charge in [0.2, 0.25) is 20.0 Å². The van der Waals surface area contributed by atoms with Crippen LogP contribution >= 0.6 is 0 Å². The van der Waals surface area contributed by atoms with Gasteiger partial charge >= 0.3 is 0 Å². The van der Waals surface area contributed by atoms with Crippen LogP contribution < -0.4 is 9.44 Å². The van der Waals surface area contributed by atoms with E-state index < -0.39 is 20.0 Å². The second kappa shape index (κ2) is 8.02. The molecule has 104 valence electrons. The molecular weight excluding hydrogens is 264 g/mol. The minimum atomic E-state index is -3.33. The molecule has 0 spiro atoms. The van der Waals surface area contributed by atoms with Crippen molar-refractivity contribution in [2.75, 3.05) is 24.6 Å². The molecular formula is C9H22N2O4S2. The Morgan fingerprint density at radius 3 is 1.41 bits per heavy atom. The minimum absolute atomic E-state index is 0.109. The molecule has 0 bridgehead atoms. The lowest BCUT2D eigenvalue weighted by Crippen LogP contribution is -2.31. The summed E-state index contributed by atoms with van der Waals surface area (Å²) in [4.78, 5) is 0. The van der Waals surface area contributed by atoms with Gasteiger partial charge in [0.1, 0.15) is 0 Å². The highest BCUT2D eigenvalue weighted by atomic mass is 32.2. The van der Waals surface area contributed by atoms with Gasteiger partial charge in [-0.1, -0.05) is 13.8 Å². The van der Waals surface area contributed by atoms with Crippen LogP contribution in [0, 0.1) is 0 Å². The molecule has 0 amide bonds. The summed E-state index contributed by atoms with van der Waals surface area (Å²) in [5.74, 6) is -0.305. The monoisotopic (exact) mass is 286 g/mol. The van der Waals surface area contributed by atoms with E-state index in [1.54, 1.807) is 0 Å². The van der Waals surface area contributed by atoms with Crippen LogP contribution in [0.3, 0.4) is 0 Å². The van der Waals surface area contributed by atoms with E-state index in [0.717, 1.165) is 12.8 Å². The fraction of sp³-hybridized carbons (Fsp3) is 1.00. The maximum Gasteiger partial charge on any atom is 0.211 e. The van der Waals surface area contributed by atoms with Crippen LogP contribution in [0.25, 0.3) is 0 Å². The van der Waals surface area contributed by atoms with Crippen molar-refractivity contribution in [2.45, 2.75) is 33.1 Å². The smallest absolute Gasteiger partial charge is 0.211 e. The number of hydrogen-bond donors (Lipinski definition) is 2. The minimum Gasteiger partial charge on any atom is -0.215 e. The normalized spacial score (nSPS) is 12.8. The molecule has 0 aliphatic carbocycles. The molecule has 0 aromatic carbocycles. The number of hydrogen-bond acceptors (Lipinski definition) is 4. The average Bonchev–Trinajstić information content (AvgIpc) is 2.23. The third-order valence-electron chi connectivity index (χ3n) is 1.97. The fourth-order valence-electron chi connectivity index (χ4n) is 1.10. The highest BCUT2D eigenvalue weighted by molar-refractivity contribution is 7.90. The molecule has 0 aliphatic heterocycles. The van der Waals surface area contributed by atoms with Crippen LogP contribution in [0.5, 0.6) is 0 Å². The van der Waals surface area contributed by atoms with Gasteiger partial charge in [-0.05, 0) is 19.3 Å². The molecule has 0 aromatic rings. The van der Waals surface area contributed by atoms with E-state index in [1.165, 1.54) is 0 Å². The SMILES string of the molecule is CCCNS(=O)(=O)CCCS(=O)(=O)NCCC. The van der Waals surface area contributed by atoms with Crippen molar-refractivity contribution in [1.82, 2.24) is 9.44 Å². The van der Waals surface area contributed by atoms with Crippen LogP contribution in [0.15, 0.2) is 0 Å². The van der Waals surface area contributed by atoms with Crippen molar-refractivity contribution in [1.29, 1.82) is 0 Å². The van der Waals surface area contributed by atoms with Gasteiger partial charge in [-0.25, -0.2) is 26.3 Å². The Bertz CT molecular complexity index is 351. The second-order valence-corrected chi connectivity index (χ2v) is 7.63. The lowest BCUT2D eigenvalue weighted by molar-refractivity contribution is 0.574. The van der Waals surface area contributed by atoms with Crippen molar-refractivity contribution < 1.29 is 16.8 Å². The molecule has 6 nitrogen and oxygen atoms in total. The van der Waals surface area contributed by atoms with E-state index in [4.69, 9.17) is 0 Å². The largest absolute Gasteiger partial charge is 0.215 e. The van der Waals surface area contributed by atoms with Gasteiger partial charge in [0.15, 0.2) is 0 Å². The van der Waals surface area contributed by atoms with Crippen LogP contribution in [0.1, 0.15) is 33.1 Å². The highest BCUT2D eigenvalue weighted by Gasteiger charge is 2.13. The Labute approximate surface area is 104 Å². The number of nitrogens with one attached hydrogen (secondary N) is 2. The molecule has 17 heavy (non-hydrogen) atoms. The van der Waals surface area contributed by atoms with E-state index >= 15 is 0 Å². The molecule has 0 rings (SSSR count). The first-order valence-corrected chi connectivity index (χ1v) is 9.08. The van der Waals surface area contributed by atoms with Crippen molar-refractivity contribution >= 4 is 20.0 Å². The summed E-state index contributed by atoms with van der Waals surface area (Å²) in [5, 5.41) is 0. The molecule has 0 saturated heterocycles. The highest BCUT2D eigenvalue weighted by Crippen LogP contribution is 1.95. The molecule has 0 heterocycles. The fourth-order valence-corrected chi connectivity index (χ4v) is 3.65. The third-order valence-corrected chi connectivity index (χ3v) is 4.91. The first-order valence-electron chi connectivity index (χ1n) is 5.77. The lowest BCUT2D eigenvalue weighted by atomic mass is 10.5. The lowest BCUT2D eigenvalue weighted by Gasteiger charge is -2.07. The Hall–Kier alpha value is -0.180. The van der Waals surface area contributed by atoms with Crippen LogP contribution in [0.4, 0.5) is 0 Å². The second-order valence-electron chi connectivity index (χ2n) is 3.78. The molecule has 0 unspecified atom stereocenters. The Morgan fingerprint density at radius 1 is 0.765 bits per heavy atom. The van der Waals surface area contributed by atoms with Crippen molar-refractivity contribution in [2.24, 2.45) is 0 Å². The number of sulfonamides is 2. The first kappa shape index (κ1) is 16.8. The predicted molar refractivity (Wildman–Crippen MR) is 68.8 cm³/mol. The molecule has 0 radical (unpaired) electrons. The van der Waals surface area contributed by atoms with E-state index in [2.05, 4.69) is 9.44 Å². The van der Waals surface area contributed by atoms with E-state index in [-0.39, 0.29) is 17.9 Å². The Morgan fingerprint density at radius 2 is 1.12 bits per heavy atom. The van der Waals surface area contributed by atoms with Gasteiger partial charge in [0.25, 0.3) is 0 Å². The van der Waals surface area contributed by atoms with Crippen molar-refractivity contribution in [3.8, 4) is 0 Å². The summed E-state index contributed by atoms with van der Waals surface area (Å²) in [5.41, 5.74) is 0. The average molecular weight is 286 g/mol. The summed E-state index contributed by atoms with van der Waals surface area (Å²) >= 11 is 0. The third kappa shape index (κ3) is 9.51. The van der Waals surface area contributed by atoms with Gasteiger partial charge < -0.3 is 0 Å². The molecule has 8 heteroatoms. The van der Waals surface area contributed by atoms with Gasteiger partial charge in [-0.2, -0.15) is 0 Å². The van der Waals surface area contributed by atoms with Gasteiger partial charge in [-0.3, -0.25) is 0 Å². The van der Waals surface area contributed by atoms with Crippen molar-refractivity contribution in [3.63, 3.8) is 0 Å². The molecule has 0 atom stereocenters. The van der Waals surface area contributed by atoms with E-state index in [9.17, 15) is 16.8 Å². The van der Waals surface area contributed by atoms with E-state index in [0.29, 0.717) is 13.1 Å². The quantitative estimate of drug-likeness (QED) is 0.593. The zero-order valence-corrected chi connectivity index (χ0v) is 12.0. The topological polar surface area (TPSA) is 92.3 Å². The predicted octanol–water partition coefficient (Wildman–Crippen LogP) is 0.0353. The first-order chi connectivity index (χ1) is 7.83. The summed E-state index contributed by atoms with van der Waals surface area (Å²) in [6.45, 7) is 4.51. The zero-order chi connectivity index (χ0) is 13.4. The van der Waals surface area contributed by atoms with Crippen molar-refractivity contribution in [3.05, 3.63) is 0 Å². The molecule has 0 aromatic heterocycles. The zero-order valence-electron chi connectivity index (χ0n) is 10.4. The summed E-state index contributed by atoms with van der Waals surface area (Å²) in [7, 11) is -6.66. The van der Waals surface area contributed by atoms with Gasteiger partial charge in [0.05, 0.1) is 11.5 Å². The summed E-state index contributed by atoms with van der Waals surface area (Å²) in [6.07, 6.45) is 1.54. The van der Waals surface area contributed by atoms with Gasteiger partial charge in [0, 0.05) is 13.1 Å². The van der Waals surface area contributed by atoms with E-state index in [1.807, 2.05) is 13.8 Å². The molecule has 0 aliphatic rings. The molecule has 0 saturated carbocycles. The van der Waals surface area contributed by atoms with Crippen LogP contribution in [-0.2, 0) is 20.0 Å². The standard InChI is InChI=1S/C9H22N2O4S2/c1-3-6-10-16(12,13)8-5-9-17(14,15)11-7-4-2/h10-11H,3-9H2,1-2H3. The van der Waals surface area contributed by atoms with Crippen LogP contribution in [-0.4, -0.2) is 41.4 Å². The Balaban J connectivity index is 3.98. The molecule has 2 N–H and O–H groups in total. The maximum atomic E-state index is 11.4. The Kier molecular flexibility index (Phi) is 7.93. The maximum absolute atomic E-state index is 11.4. The van der Waals surface area contributed by atoms with Crippen LogP contribution in [0.2, 0.25) is 0 Å². The number of rotatable bonds is 10. The van der Waals surface area contributed by atoms with Gasteiger partial charge in [-0.15, -0.1) is 0 Å². The summed E-state index contributed by atoms with van der Waals surface area (Å²) in [6, 6.07) is 0. The molecule has 0 fully saturated rings.